The minimum atomic E-state index is -1.83. The molecule has 0 aromatic rings. The van der Waals surface area contributed by atoms with Crippen LogP contribution in [0.5, 0.6) is 0 Å². The lowest BCUT2D eigenvalue weighted by molar-refractivity contribution is -0.139. The van der Waals surface area contributed by atoms with E-state index in [1.807, 2.05) is 13.8 Å². The molecule has 1 aliphatic rings. The van der Waals surface area contributed by atoms with Crippen LogP contribution in [0.4, 0.5) is 0 Å². The molecule has 1 N–H and O–H groups in total. The van der Waals surface area contributed by atoms with Gasteiger partial charge in [-0.15, -0.1) is 0 Å². The third-order valence-corrected chi connectivity index (χ3v) is 5.91. The molecule has 0 amide bonds. The molecule has 1 aliphatic carbocycles. The zero-order valence-electron chi connectivity index (χ0n) is 18.0. The highest BCUT2D eigenvalue weighted by molar-refractivity contribution is 6.70. The van der Waals surface area contributed by atoms with Crippen LogP contribution in [-0.4, -0.2) is 35.3 Å². The molecule has 1 rings (SSSR count). The Morgan fingerprint density at radius 2 is 1.62 bits per heavy atom. The van der Waals surface area contributed by atoms with Crippen molar-refractivity contribution < 1.29 is 18.5 Å². The molecular formula is C19H39NO4Si2. The maximum atomic E-state index is 12.9. The van der Waals surface area contributed by atoms with Crippen molar-refractivity contribution in [3.8, 4) is 0 Å². The van der Waals surface area contributed by atoms with E-state index in [1.165, 1.54) is 19.3 Å². The first-order valence-electron chi connectivity index (χ1n) is 9.95. The fourth-order valence-corrected chi connectivity index (χ4v) is 4.82. The van der Waals surface area contributed by atoms with E-state index in [1.54, 1.807) is 0 Å². The molecule has 0 aromatic heterocycles. The molecule has 0 heterocycles. The van der Waals surface area contributed by atoms with E-state index in [0.717, 1.165) is 12.8 Å². The van der Waals surface area contributed by atoms with Crippen LogP contribution in [0.15, 0.2) is 11.3 Å². The molecule has 26 heavy (non-hydrogen) atoms. The average Bonchev–Trinajstić information content (AvgIpc) is 2.49. The molecule has 0 saturated heterocycles. The number of ether oxygens (including phenoxy) is 1. The summed E-state index contributed by atoms with van der Waals surface area (Å²) in [5.74, 6) is 0.759. The minimum Gasteiger partial charge on any atom is -0.547 e. The predicted octanol–water partition coefficient (Wildman–Crippen LogP) is 4.98. The van der Waals surface area contributed by atoms with Gasteiger partial charge in [0, 0.05) is 0 Å². The standard InChI is InChI=1S/C19H39NO4Si2/c1-9-22-19(21)17(15(2)23-25(3,4)5)18(20-24-26(6,7)8)16-13-11-10-12-14-16/h16,18,20H,9-14H2,1-8H3/b17-15+. The Labute approximate surface area is 162 Å². The summed E-state index contributed by atoms with van der Waals surface area (Å²) in [5.41, 5.74) is 3.88. The number of hydrogen-bond acceptors (Lipinski definition) is 5. The molecule has 1 unspecified atom stereocenters. The topological polar surface area (TPSA) is 56.8 Å². The number of carbonyl (C=O) groups excluding carboxylic acids is 1. The highest BCUT2D eigenvalue weighted by Crippen LogP contribution is 2.32. The number of rotatable bonds is 9. The second kappa shape index (κ2) is 10.1. The van der Waals surface area contributed by atoms with Gasteiger partial charge >= 0.3 is 5.97 Å². The Morgan fingerprint density at radius 3 is 2.08 bits per heavy atom. The maximum Gasteiger partial charge on any atom is 0.339 e. The first-order chi connectivity index (χ1) is 11.9. The van der Waals surface area contributed by atoms with Crippen molar-refractivity contribution in [1.82, 2.24) is 5.48 Å². The van der Waals surface area contributed by atoms with E-state index in [9.17, 15) is 4.79 Å². The number of allylic oxidation sites excluding steroid dienone is 1. The van der Waals surface area contributed by atoms with Gasteiger partial charge in [0.15, 0.2) is 0 Å². The Bertz CT molecular complexity index is 489. The second-order valence-electron chi connectivity index (χ2n) is 9.11. The molecule has 152 valence electrons. The van der Waals surface area contributed by atoms with Crippen molar-refractivity contribution in [2.45, 2.75) is 91.3 Å². The third kappa shape index (κ3) is 8.37. The molecule has 0 aromatic carbocycles. The van der Waals surface area contributed by atoms with Gasteiger partial charge in [-0.25, -0.2) is 10.3 Å². The quantitative estimate of drug-likeness (QED) is 0.194. The normalized spacial score (nSPS) is 18.9. The van der Waals surface area contributed by atoms with E-state index >= 15 is 0 Å². The van der Waals surface area contributed by atoms with Crippen molar-refractivity contribution in [1.29, 1.82) is 0 Å². The smallest absolute Gasteiger partial charge is 0.339 e. The summed E-state index contributed by atoms with van der Waals surface area (Å²) < 4.78 is 17.6. The fourth-order valence-electron chi connectivity index (χ4n) is 3.31. The number of hydrogen-bond donors (Lipinski definition) is 1. The number of esters is 1. The zero-order valence-corrected chi connectivity index (χ0v) is 20.0. The molecule has 1 saturated carbocycles. The van der Waals surface area contributed by atoms with Crippen LogP contribution in [0.2, 0.25) is 39.3 Å². The van der Waals surface area contributed by atoms with E-state index < -0.39 is 16.6 Å². The lowest BCUT2D eigenvalue weighted by atomic mass is 9.81. The monoisotopic (exact) mass is 401 g/mol. The van der Waals surface area contributed by atoms with Crippen LogP contribution in [0.1, 0.15) is 46.0 Å². The van der Waals surface area contributed by atoms with Gasteiger partial charge in [-0.2, -0.15) is 0 Å². The summed E-state index contributed by atoms with van der Waals surface area (Å²) >= 11 is 0. The minimum absolute atomic E-state index is 0.183. The van der Waals surface area contributed by atoms with Gasteiger partial charge < -0.3 is 13.7 Å². The molecule has 5 nitrogen and oxygen atoms in total. The second-order valence-corrected chi connectivity index (χ2v) is 18.0. The van der Waals surface area contributed by atoms with E-state index in [4.69, 9.17) is 13.7 Å². The van der Waals surface area contributed by atoms with Crippen molar-refractivity contribution in [3.63, 3.8) is 0 Å². The molecule has 1 atom stereocenters. The van der Waals surface area contributed by atoms with E-state index in [2.05, 4.69) is 44.8 Å². The Hall–Kier alpha value is -0.636. The summed E-state index contributed by atoms with van der Waals surface area (Å²) in [6.45, 7) is 16.9. The Morgan fingerprint density at radius 1 is 1.04 bits per heavy atom. The van der Waals surface area contributed by atoms with Gasteiger partial charge in [-0.3, -0.25) is 0 Å². The summed E-state index contributed by atoms with van der Waals surface area (Å²) in [6, 6.07) is -0.183. The van der Waals surface area contributed by atoms with Crippen LogP contribution in [0.25, 0.3) is 0 Å². The van der Waals surface area contributed by atoms with Crippen LogP contribution in [0.3, 0.4) is 0 Å². The van der Waals surface area contributed by atoms with Gasteiger partial charge in [0.1, 0.15) is 0 Å². The number of nitrogens with one attached hydrogen (secondary N) is 1. The lowest BCUT2D eigenvalue weighted by Gasteiger charge is -2.35. The van der Waals surface area contributed by atoms with Gasteiger partial charge in [0.25, 0.3) is 0 Å². The Balaban J connectivity index is 3.24. The van der Waals surface area contributed by atoms with E-state index in [0.29, 0.717) is 23.9 Å². The molecule has 1 fully saturated rings. The van der Waals surface area contributed by atoms with Crippen molar-refractivity contribution in [2.75, 3.05) is 6.61 Å². The summed E-state index contributed by atoms with van der Waals surface area (Å²) in [4.78, 5) is 12.9. The molecular weight excluding hydrogens is 362 g/mol. The van der Waals surface area contributed by atoms with Crippen LogP contribution in [-0.2, 0) is 18.5 Å². The predicted molar refractivity (Wildman–Crippen MR) is 112 cm³/mol. The SMILES string of the molecule is CCOC(=O)/C(=C(\C)O[Si](C)(C)C)C(NO[Si](C)(C)C)C1CCCCC1. The first kappa shape index (κ1) is 23.4. The molecule has 0 aliphatic heterocycles. The van der Waals surface area contributed by atoms with Gasteiger partial charge in [-0.1, -0.05) is 19.3 Å². The summed E-state index contributed by atoms with van der Waals surface area (Å²) in [7, 11) is -3.61. The molecule has 0 radical (unpaired) electrons. The lowest BCUT2D eigenvalue weighted by Crippen LogP contribution is -2.47. The largest absolute Gasteiger partial charge is 0.547 e. The van der Waals surface area contributed by atoms with Crippen molar-refractivity contribution in [3.05, 3.63) is 11.3 Å². The highest BCUT2D eigenvalue weighted by atomic mass is 28.4. The molecule has 0 spiro atoms. The fraction of sp³-hybridized carbons (Fsp3) is 0.842. The highest BCUT2D eigenvalue weighted by Gasteiger charge is 2.35. The van der Waals surface area contributed by atoms with Crippen molar-refractivity contribution >= 4 is 22.6 Å². The zero-order chi connectivity index (χ0) is 20.0. The van der Waals surface area contributed by atoms with Gasteiger partial charge in [-0.05, 0) is 71.9 Å². The van der Waals surface area contributed by atoms with Crippen LogP contribution in [0, 0.1) is 5.92 Å². The maximum absolute atomic E-state index is 12.9. The van der Waals surface area contributed by atoms with Gasteiger partial charge in [0.05, 0.1) is 24.0 Å². The third-order valence-electron chi connectivity index (χ3n) is 4.26. The van der Waals surface area contributed by atoms with Crippen molar-refractivity contribution in [2.24, 2.45) is 5.92 Å². The number of hydroxylamine groups is 1. The molecule has 0 bridgehead atoms. The summed E-state index contributed by atoms with van der Waals surface area (Å²) in [5, 5.41) is 0. The Kier molecular flexibility index (Phi) is 9.05. The van der Waals surface area contributed by atoms with Crippen LogP contribution >= 0.6 is 0 Å². The molecule has 7 heteroatoms. The number of carbonyl (C=O) groups is 1. The average molecular weight is 402 g/mol. The first-order valence-corrected chi connectivity index (χ1v) is 16.8. The van der Waals surface area contributed by atoms with Gasteiger partial charge in [0.2, 0.25) is 16.6 Å². The summed E-state index contributed by atoms with van der Waals surface area (Å²) in [6.07, 6.45) is 5.84. The van der Waals surface area contributed by atoms with E-state index in [-0.39, 0.29) is 12.0 Å². The van der Waals surface area contributed by atoms with Crippen LogP contribution < -0.4 is 5.48 Å².